The molecule has 0 atom stereocenters. The van der Waals surface area contributed by atoms with Crippen LogP contribution in [0.4, 0.5) is 18.9 Å². The van der Waals surface area contributed by atoms with E-state index in [1.54, 1.807) is 12.1 Å². The highest BCUT2D eigenvalue weighted by molar-refractivity contribution is 5.76. The Labute approximate surface area is 110 Å². The van der Waals surface area contributed by atoms with Crippen LogP contribution in [0.3, 0.4) is 0 Å². The third-order valence-corrected chi connectivity index (χ3v) is 2.58. The Kier molecular flexibility index (Phi) is 5.66. The van der Waals surface area contributed by atoms with Gasteiger partial charge in [-0.25, -0.2) is 0 Å². The Balaban J connectivity index is 2.16. The predicted octanol–water partition coefficient (Wildman–Crippen LogP) is 2.66. The number of carbonyl (C=O) groups is 1. The second kappa shape index (κ2) is 7.01. The first-order chi connectivity index (χ1) is 8.87. The van der Waals surface area contributed by atoms with E-state index < -0.39 is 12.6 Å². The summed E-state index contributed by atoms with van der Waals surface area (Å²) in [7, 11) is 0. The predicted molar refractivity (Wildman–Crippen MR) is 67.5 cm³/mol. The number of carbonyl (C=O) groups excluding carboxylic acids is 1. The molecule has 0 saturated carbocycles. The molecule has 0 saturated heterocycles. The van der Waals surface area contributed by atoms with Crippen LogP contribution in [0.1, 0.15) is 24.8 Å². The van der Waals surface area contributed by atoms with E-state index in [-0.39, 0.29) is 25.3 Å². The third kappa shape index (κ3) is 7.33. The molecule has 19 heavy (non-hydrogen) atoms. The van der Waals surface area contributed by atoms with Gasteiger partial charge in [-0.3, -0.25) is 4.79 Å². The molecule has 0 unspecified atom stereocenters. The summed E-state index contributed by atoms with van der Waals surface area (Å²) in [5, 5.41) is 2.47. The maximum atomic E-state index is 11.9. The molecule has 0 aromatic heterocycles. The summed E-state index contributed by atoms with van der Waals surface area (Å²) in [4.78, 5) is 11.4. The van der Waals surface area contributed by atoms with Crippen LogP contribution in [-0.2, 0) is 11.2 Å². The molecule has 3 nitrogen and oxygen atoms in total. The van der Waals surface area contributed by atoms with Crippen molar-refractivity contribution in [3.63, 3.8) is 0 Å². The minimum absolute atomic E-state index is 0.0556. The molecule has 0 fully saturated rings. The van der Waals surface area contributed by atoms with Crippen molar-refractivity contribution >= 4 is 11.6 Å². The zero-order valence-electron chi connectivity index (χ0n) is 10.5. The molecule has 0 spiro atoms. The fourth-order valence-electron chi connectivity index (χ4n) is 1.55. The lowest BCUT2D eigenvalue weighted by molar-refractivity contribution is -0.136. The number of rotatable bonds is 6. The minimum Gasteiger partial charge on any atom is -0.399 e. The van der Waals surface area contributed by atoms with E-state index in [0.717, 1.165) is 5.56 Å². The molecule has 0 radical (unpaired) electrons. The molecule has 1 amide bonds. The summed E-state index contributed by atoms with van der Waals surface area (Å²) in [6.45, 7) is 0.0556. The molecule has 0 aliphatic rings. The maximum Gasteiger partial charge on any atom is 0.389 e. The maximum absolute atomic E-state index is 11.9. The third-order valence-electron chi connectivity index (χ3n) is 2.58. The van der Waals surface area contributed by atoms with Gasteiger partial charge in [0, 0.05) is 25.1 Å². The molecule has 0 aliphatic carbocycles. The lowest BCUT2D eigenvalue weighted by atomic mass is 10.1. The first-order valence-electron chi connectivity index (χ1n) is 6.05. The highest BCUT2D eigenvalue weighted by atomic mass is 19.4. The average molecular weight is 274 g/mol. The number of nitrogens with one attached hydrogen (secondary N) is 1. The van der Waals surface area contributed by atoms with Crippen molar-refractivity contribution in [2.24, 2.45) is 0 Å². The van der Waals surface area contributed by atoms with Gasteiger partial charge in [-0.05, 0) is 30.5 Å². The SMILES string of the molecule is Nc1ccc(CCC(=O)NCCCC(F)(F)F)cc1. The summed E-state index contributed by atoms with van der Waals surface area (Å²) < 4.78 is 35.6. The highest BCUT2D eigenvalue weighted by Crippen LogP contribution is 2.20. The number of amides is 1. The van der Waals surface area contributed by atoms with E-state index in [9.17, 15) is 18.0 Å². The molecule has 6 heteroatoms. The number of halogens is 3. The summed E-state index contributed by atoms with van der Waals surface area (Å²) in [6.07, 6.45) is -4.31. The minimum atomic E-state index is -4.16. The van der Waals surface area contributed by atoms with Crippen LogP contribution in [0.25, 0.3) is 0 Å². The van der Waals surface area contributed by atoms with E-state index in [1.807, 2.05) is 12.1 Å². The van der Waals surface area contributed by atoms with E-state index in [2.05, 4.69) is 5.32 Å². The van der Waals surface area contributed by atoms with Gasteiger partial charge in [-0.2, -0.15) is 13.2 Å². The van der Waals surface area contributed by atoms with Gasteiger partial charge in [-0.15, -0.1) is 0 Å². The second-order valence-electron chi connectivity index (χ2n) is 4.31. The van der Waals surface area contributed by atoms with Crippen molar-refractivity contribution in [2.75, 3.05) is 12.3 Å². The summed E-state index contributed by atoms with van der Waals surface area (Å²) in [5.41, 5.74) is 7.15. The summed E-state index contributed by atoms with van der Waals surface area (Å²) >= 11 is 0. The number of nitrogens with two attached hydrogens (primary N) is 1. The Bertz CT molecular complexity index is 401. The van der Waals surface area contributed by atoms with Crippen LogP contribution in [-0.4, -0.2) is 18.6 Å². The van der Waals surface area contributed by atoms with Gasteiger partial charge in [0.2, 0.25) is 5.91 Å². The van der Waals surface area contributed by atoms with Crippen LogP contribution >= 0.6 is 0 Å². The Morgan fingerprint density at radius 1 is 1.21 bits per heavy atom. The van der Waals surface area contributed by atoms with Crippen LogP contribution in [0, 0.1) is 0 Å². The lowest BCUT2D eigenvalue weighted by Crippen LogP contribution is -2.25. The van der Waals surface area contributed by atoms with Gasteiger partial charge >= 0.3 is 6.18 Å². The number of hydrogen-bond donors (Lipinski definition) is 2. The molecule has 1 rings (SSSR count). The zero-order chi connectivity index (χ0) is 14.3. The normalized spacial score (nSPS) is 11.3. The smallest absolute Gasteiger partial charge is 0.389 e. The van der Waals surface area contributed by atoms with Crippen LogP contribution in [0.2, 0.25) is 0 Å². The first kappa shape index (κ1) is 15.3. The van der Waals surface area contributed by atoms with Gasteiger partial charge in [0.25, 0.3) is 0 Å². The number of nitrogen functional groups attached to an aromatic ring is 1. The van der Waals surface area contributed by atoms with Gasteiger partial charge in [-0.1, -0.05) is 12.1 Å². The highest BCUT2D eigenvalue weighted by Gasteiger charge is 2.25. The fourth-order valence-corrected chi connectivity index (χ4v) is 1.55. The quantitative estimate of drug-likeness (QED) is 0.619. The van der Waals surface area contributed by atoms with E-state index in [0.29, 0.717) is 12.1 Å². The van der Waals surface area contributed by atoms with Crippen LogP contribution in [0.5, 0.6) is 0 Å². The molecule has 106 valence electrons. The Morgan fingerprint density at radius 2 is 1.84 bits per heavy atom. The average Bonchev–Trinajstić information content (AvgIpc) is 2.33. The Morgan fingerprint density at radius 3 is 2.42 bits per heavy atom. The Hall–Kier alpha value is -1.72. The van der Waals surface area contributed by atoms with Gasteiger partial charge in [0.05, 0.1) is 0 Å². The first-order valence-corrected chi connectivity index (χ1v) is 6.05. The molecule has 0 heterocycles. The van der Waals surface area contributed by atoms with Gasteiger partial charge < -0.3 is 11.1 Å². The fraction of sp³-hybridized carbons (Fsp3) is 0.462. The molecule has 3 N–H and O–H groups in total. The number of anilines is 1. The topological polar surface area (TPSA) is 55.1 Å². The summed E-state index contributed by atoms with van der Waals surface area (Å²) in [6, 6.07) is 7.14. The van der Waals surface area contributed by atoms with Gasteiger partial charge in [0.15, 0.2) is 0 Å². The van der Waals surface area contributed by atoms with Crippen molar-refractivity contribution in [1.29, 1.82) is 0 Å². The number of benzene rings is 1. The monoisotopic (exact) mass is 274 g/mol. The standard InChI is InChI=1S/C13H17F3N2O/c14-13(15,16)8-1-9-18-12(19)7-4-10-2-5-11(17)6-3-10/h2-3,5-6H,1,4,7-9,17H2,(H,18,19). The number of hydrogen-bond acceptors (Lipinski definition) is 2. The van der Waals surface area contributed by atoms with E-state index in [1.165, 1.54) is 0 Å². The molecule has 0 bridgehead atoms. The molecule has 1 aromatic rings. The number of alkyl halides is 3. The van der Waals surface area contributed by atoms with Crippen molar-refractivity contribution in [1.82, 2.24) is 5.32 Å². The van der Waals surface area contributed by atoms with Crippen molar-refractivity contribution < 1.29 is 18.0 Å². The van der Waals surface area contributed by atoms with Crippen molar-refractivity contribution in [2.45, 2.75) is 31.9 Å². The lowest BCUT2D eigenvalue weighted by Gasteiger charge is -2.07. The van der Waals surface area contributed by atoms with Gasteiger partial charge in [0.1, 0.15) is 0 Å². The molecule has 1 aromatic carbocycles. The second-order valence-corrected chi connectivity index (χ2v) is 4.31. The molecular weight excluding hydrogens is 257 g/mol. The zero-order valence-corrected chi connectivity index (χ0v) is 10.5. The van der Waals surface area contributed by atoms with E-state index >= 15 is 0 Å². The number of aryl methyl sites for hydroxylation is 1. The van der Waals surface area contributed by atoms with E-state index in [4.69, 9.17) is 5.73 Å². The molecule has 0 aliphatic heterocycles. The van der Waals surface area contributed by atoms with Crippen LogP contribution < -0.4 is 11.1 Å². The largest absolute Gasteiger partial charge is 0.399 e. The van der Waals surface area contributed by atoms with Crippen LogP contribution in [0.15, 0.2) is 24.3 Å². The summed E-state index contributed by atoms with van der Waals surface area (Å²) in [5.74, 6) is -0.237. The molecular formula is C13H17F3N2O. The van der Waals surface area contributed by atoms with Crippen molar-refractivity contribution in [3.8, 4) is 0 Å². The van der Waals surface area contributed by atoms with Crippen molar-refractivity contribution in [3.05, 3.63) is 29.8 Å².